The summed E-state index contributed by atoms with van der Waals surface area (Å²) >= 11 is 0. The molecular weight excluding hydrogens is 420 g/mol. The zero-order chi connectivity index (χ0) is 23.1. The third kappa shape index (κ3) is 3.91. The number of likely N-dealkylation sites (tertiary alicyclic amines) is 1. The Morgan fingerprint density at radius 3 is 2.64 bits per heavy atom. The first kappa shape index (κ1) is 20.7. The van der Waals surface area contributed by atoms with Crippen LogP contribution in [0.3, 0.4) is 0 Å². The van der Waals surface area contributed by atoms with Crippen LogP contribution < -0.4 is 4.74 Å². The van der Waals surface area contributed by atoms with Gasteiger partial charge in [-0.3, -0.25) is 14.8 Å². The lowest BCUT2D eigenvalue weighted by Gasteiger charge is -2.23. The molecule has 33 heavy (non-hydrogen) atoms. The first-order valence-electron chi connectivity index (χ1n) is 10.6. The molecule has 4 heterocycles. The maximum Gasteiger partial charge on any atom is 0.337 e. The van der Waals surface area contributed by atoms with E-state index in [4.69, 9.17) is 9.84 Å². The van der Waals surface area contributed by atoms with Crippen LogP contribution in [-0.2, 0) is 4.79 Å². The van der Waals surface area contributed by atoms with Crippen molar-refractivity contribution < 1.29 is 19.4 Å². The highest BCUT2D eigenvalue weighted by Crippen LogP contribution is 2.41. The van der Waals surface area contributed by atoms with Crippen molar-refractivity contribution in [2.45, 2.75) is 25.8 Å². The Hall–Kier alpha value is -4.20. The zero-order valence-corrected chi connectivity index (χ0v) is 18.2. The molecule has 4 aromatic rings. The van der Waals surface area contributed by atoms with Crippen LogP contribution in [0.2, 0.25) is 0 Å². The van der Waals surface area contributed by atoms with Gasteiger partial charge in [-0.15, -0.1) is 0 Å². The van der Waals surface area contributed by atoms with E-state index in [0.717, 1.165) is 34.3 Å². The summed E-state index contributed by atoms with van der Waals surface area (Å²) < 4.78 is 6.23. The monoisotopic (exact) mass is 442 g/mol. The molecule has 166 valence electrons. The fraction of sp³-hybridized carbons (Fsp3) is 0.200. The Morgan fingerprint density at radius 1 is 1.15 bits per heavy atom. The van der Waals surface area contributed by atoms with Crippen molar-refractivity contribution in [2.75, 3.05) is 7.05 Å². The fourth-order valence-corrected chi connectivity index (χ4v) is 4.15. The molecule has 1 atom stereocenters. The van der Waals surface area contributed by atoms with E-state index in [1.54, 1.807) is 17.2 Å². The largest absolute Gasteiger partial charge is 0.478 e. The normalized spacial score (nSPS) is 15.9. The number of carboxylic acids is 1. The molecule has 2 N–H and O–H groups in total. The van der Waals surface area contributed by atoms with Gasteiger partial charge in [-0.1, -0.05) is 0 Å². The number of carboxylic acid groups (broad SMARTS) is 1. The number of aromatic nitrogens is 3. The number of aryl methyl sites for hydroxylation is 1. The molecule has 1 aliphatic rings. The lowest BCUT2D eigenvalue weighted by molar-refractivity contribution is -0.127. The summed E-state index contributed by atoms with van der Waals surface area (Å²) in [6.07, 6.45) is 4.24. The van der Waals surface area contributed by atoms with E-state index in [1.807, 2.05) is 44.3 Å². The minimum absolute atomic E-state index is 0.0879. The molecule has 1 amide bonds. The number of hydrogen-bond acceptors (Lipinski definition) is 5. The highest BCUT2D eigenvalue weighted by molar-refractivity contribution is 5.89. The number of amides is 1. The number of rotatable bonds is 5. The predicted octanol–water partition coefficient (Wildman–Crippen LogP) is 4.72. The molecule has 1 aromatic carbocycles. The highest BCUT2D eigenvalue weighted by atomic mass is 16.5. The van der Waals surface area contributed by atoms with E-state index >= 15 is 0 Å². The standard InChI is InChI=1S/C25H22N4O4/c1-14-3-5-17(13-26-14)33-23-10-16-9-21(19-6-4-15(12-27-19)25(31)32)28-20(16)11-18(23)22-7-8-24(30)29(22)2/h3-6,9-13,22,28H,7-8H2,1-2H3,(H,31,32). The average Bonchev–Trinajstić information content (AvgIpc) is 3.37. The van der Waals surface area contributed by atoms with E-state index in [0.29, 0.717) is 23.6 Å². The number of nitrogens with one attached hydrogen (secondary N) is 1. The van der Waals surface area contributed by atoms with Crippen molar-refractivity contribution in [3.63, 3.8) is 0 Å². The summed E-state index contributed by atoms with van der Waals surface area (Å²) in [5, 5.41) is 10.0. The van der Waals surface area contributed by atoms with Crippen LogP contribution in [0, 0.1) is 6.92 Å². The number of ether oxygens (including phenoxy) is 1. The van der Waals surface area contributed by atoms with Gasteiger partial charge in [0.1, 0.15) is 11.5 Å². The van der Waals surface area contributed by atoms with Gasteiger partial charge >= 0.3 is 5.97 Å². The molecule has 1 unspecified atom stereocenters. The molecule has 8 nitrogen and oxygen atoms in total. The Kier molecular flexibility index (Phi) is 5.05. The highest BCUT2D eigenvalue weighted by Gasteiger charge is 2.31. The van der Waals surface area contributed by atoms with Crippen LogP contribution in [-0.4, -0.2) is 43.9 Å². The van der Waals surface area contributed by atoms with Crippen molar-refractivity contribution in [3.05, 3.63) is 71.7 Å². The second-order valence-electron chi connectivity index (χ2n) is 8.19. The van der Waals surface area contributed by atoms with Crippen molar-refractivity contribution in [2.24, 2.45) is 0 Å². The van der Waals surface area contributed by atoms with Gasteiger partial charge in [-0.25, -0.2) is 4.79 Å². The van der Waals surface area contributed by atoms with Gasteiger partial charge in [0.05, 0.1) is 29.2 Å². The first-order chi connectivity index (χ1) is 15.9. The maximum absolute atomic E-state index is 12.2. The minimum atomic E-state index is -1.02. The van der Waals surface area contributed by atoms with E-state index in [2.05, 4.69) is 15.0 Å². The quantitative estimate of drug-likeness (QED) is 0.463. The van der Waals surface area contributed by atoms with E-state index in [1.165, 1.54) is 12.3 Å². The molecule has 5 rings (SSSR count). The number of fused-ring (bicyclic) bond motifs is 1. The van der Waals surface area contributed by atoms with Crippen molar-refractivity contribution in [1.82, 2.24) is 19.9 Å². The van der Waals surface area contributed by atoms with Crippen LogP contribution in [0.25, 0.3) is 22.3 Å². The molecule has 1 aliphatic heterocycles. The summed E-state index contributed by atoms with van der Waals surface area (Å²) in [4.78, 5) is 37.0. The van der Waals surface area contributed by atoms with Crippen molar-refractivity contribution >= 4 is 22.8 Å². The fourth-order valence-electron chi connectivity index (χ4n) is 4.15. The number of carbonyl (C=O) groups is 2. The van der Waals surface area contributed by atoms with Crippen LogP contribution in [0.15, 0.2) is 54.9 Å². The average molecular weight is 442 g/mol. The van der Waals surface area contributed by atoms with Gasteiger partial charge < -0.3 is 19.7 Å². The molecule has 0 bridgehead atoms. The summed E-state index contributed by atoms with van der Waals surface area (Å²) in [6.45, 7) is 1.92. The van der Waals surface area contributed by atoms with Crippen LogP contribution in [0.4, 0.5) is 0 Å². The Balaban J connectivity index is 1.58. The Bertz CT molecular complexity index is 1360. The predicted molar refractivity (Wildman–Crippen MR) is 122 cm³/mol. The molecule has 0 aliphatic carbocycles. The lowest BCUT2D eigenvalue weighted by Crippen LogP contribution is -2.22. The smallest absolute Gasteiger partial charge is 0.337 e. The SMILES string of the molecule is Cc1ccc(Oc2cc3cc(-c4ccc(C(=O)O)cn4)[nH]c3cc2C2CCC(=O)N2C)cn1. The Labute approximate surface area is 189 Å². The second-order valence-corrected chi connectivity index (χ2v) is 8.19. The van der Waals surface area contributed by atoms with E-state index in [9.17, 15) is 9.59 Å². The van der Waals surface area contributed by atoms with Crippen molar-refractivity contribution in [1.29, 1.82) is 0 Å². The molecular formula is C25H22N4O4. The van der Waals surface area contributed by atoms with Gasteiger partial charge in [0, 0.05) is 41.8 Å². The minimum Gasteiger partial charge on any atom is -0.478 e. The zero-order valence-electron chi connectivity index (χ0n) is 18.2. The third-order valence-electron chi connectivity index (χ3n) is 6.00. The van der Waals surface area contributed by atoms with Gasteiger partial charge in [-0.05, 0) is 55.8 Å². The summed E-state index contributed by atoms with van der Waals surface area (Å²) in [5.41, 5.74) is 4.23. The van der Waals surface area contributed by atoms with Gasteiger partial charge in [0.2, 0.25) is 5.91 Å². The van der Waals surface area contributed by atoms with Crippen LogP contribution >= 0.6 is 0 Å². The van der Waals surface area contributed by atoms with Crippen molar-refractivity contribution in [3.8, 4) is 22.9 Å². The third-order valence-corrected chi connectivity index (χ3v) is 6.00. The second kappa shape index (κ2) is 8.05. The van der Waals surface area contributed by atoms with Gasteiger partial charge in [0.15, 0.2) is 0 Å². The number of aromatic carboxylic acids is 1. The summed E-state index contributed by atoms with van der Waals surface area (Å²) in [7, 11) is 1.81. The number of H-pyrrole nitrogens is 1. The molecule has 1 saturated heterocycles. The number of hydrogen-bond donors (Lipinski definition) is 2. The molecule has 0 spiro atoms. The van der Waals surface area contributed by atoms with E-state index in [-0.39, 0.29) is 17.5 Å². The number of aromatic amines is 1. The van der Waals surface area contributed by atoms with E-state index < -0.39 is 5.97 Å². The Morgan fingerprint density at radius 2 is 2.00 bits per heavy atom. The number of pyridine rings is 2. The lowest BCUT2D eigenvalue weighted by atomic mass is 10.0. The van der Waals surface area contributed by atoms with Crippen LogP contribution in [0.1, 0.15) is 40.5 Å². The molecule has 0 saturated carbocycles. The summed E-state index contributed by atoms with van der Waals surface area (Å²) in [6, 6.07) is 12.8. The van der Waals surface area contributed by atoms with Crippen LogP contribution in [0.5, 0.6) is 11.5 Å². The topological polar surface area (TPSA) is 108 Å². The summed E-state index contributed by atoms with van der Waals surface area (Å²) in [5.74, 6) is 0.380. The first-order valence-corrected chi connectivity index (χ1v) is 10.6. The maximum atomic E-state index is 12.2. The molecule has 8 heteroatoms. The molecule has 0 radical (unpaired) electrons. The number of carbonyl (C=O) groups excluding carboxylic acids is 1. The number of nitrogens with zero attached hydrogens (tertiary/aromatic N) is 3. The molecule has 1 fully saturated rings. The molecule has 3 aromatic heterocycles. The number of benzene rings is 1. The van der Waals surface area contributed by atoms with Gasteiger partial charge in [-0.2, -0.15) is 0 Å². The van der Waals surface area contributed by atoms with Gasteiger partial charge in [0.25, 0.3) is 0 Å².